The minimum atomic E-state index is -3.77. The molecule has 1 rings (SSSR count). The maximum atomic E-state index is 11.8. The van der Waals surface area contributed by atoms with E-state index in [1.807, 2.05) is 0 Å². The van der Waals surface area contributed by atoms with Gasteiger partial charge in [-0.1, -0.05) is 6.08 Å². The normalized spacial score (nSPS) is 11.4. The molecule has 100 valence electrons. The minimum absolute atomic E-state index is 0.129. The molecule has 0 spiro atoms. The quantitative estimate of drug-likeness (QED) is 0.585. The second kappa shape index (κ2) is 6.17. The molecule has 8 heteroatoms. The van der Waals surface area contributed by atoms with Crippen LogP contribution in [0, 0.1) is 0 Å². The van der Waals surface area contributed by atoms with Crippen LogP contribution in [0.1, 0.15) is 23.4 Å². The van der Waals surface area contributed by atoms with Crippen molar-refractivity contribution in [3.63, 3.8) is 0 Å². The Morgan fingerprint density at radius 1 is 1.61 bits per heavy atom. The van der Waals surface area contributed by atoms with Crippen molar-refractivity contribution in [3.8, 4) is 0 Å². The second-order valence-corrected chi connectivity index (χ2v) is 5.84. The zero-order valence-corrected chi connectivity index (χ0v) is 11.8. The van der Waals surface area contributed by atoms with E-state index in [9.17, 15) is 13.2 Å². The van der Waals surface area contributed by atoms with Gasteiger partial charge in [0.1, 0.15) is 4.90 Å². The zero-order chi connectivity index (χ0) is 13.8. The molecule has 2 N–H and O–H groups in total. The van der Waals surface area contributed by atoms with E-state index in [1.165, 1.54) is 0 Å². The largest absolute Gasteiger partial charge is 0.475 e. The molecule has 0 aliphatic carbocycles. The average Bonchev–Trinajstić information content (AvgIpc) is 2.68. The van der Waals surface area contributed by atoms with E-state index in [0.717, 1.165) is 6.07 Å². The van der Waals surface area contributed by atoms with E-state index in [-0.39, 0.29) is 16.1 Å². The number of carbonyl (C=O) groups is 1. The number of hydrogen-bond donors (Lipinski definition) is 2. The molecule has 0 aliphatic rings. The lowest BCUT2D eigenvalue weighted by Gasteiger charge is -2.03. The van der Waals surface area contributed by atoms with Gasteiger partial charge in [0.25, 0.3) is 0 Å². The van der Waals surface area contributed by atoms with Gasteiger partial charge in [-0.2, -0.15) is 0 Å². The van der Waals surface area contributed by atoms with Crippen molar-refractivity contribution in [2.24, 2.45) is 0 Å². The number of nitrogens with one attached hydrogen (secondary N) is 1. The highest BCUT2D eigenvalue weighted by atomic mass is 79.9. The van der Waals surface area contributed by atoms with E-state index in [0.29, 0.717) is 12.8 Å². The Morgan fingerprint density at radius 3 is 2.78 bits per heavy atom. The van der Waals surface area contributed by atoms with E-state index in [4.69, 9.17) is 9.52 Å². The number of hydrogen-bond acceptors (Lipinski definition) is 4. The number of sulfonamides is 1. The van der Waals surface area contributed by atoms with Gasteiger partial charge in [0.05, 0.1) is 0 Å². The highest BCUT2D eigenvalue weighted by Crippen LogP contribution is 2.25. The highest BCUT2D eigenvalue weighted by Gasteiger charge is 2.24. The van der Waals surface area contributed by atoms with Gasteiger partial charge in [0, 0.05) is 12.6 Å². The summed E-state index contributed by atoms with van der Waals surface area (Å²) in [5, 5.41) is 8.69. The summed E-state index contributed by atoms with van der Waals surface area (Å²) in [5.74, 6) is -1.77. The molecule has 0 aromatic carbocycles. The van der Waals surface area contributed by atoms with Gasteiger partial charge < -0.3 is 9.52 Å². The molecule has 1 heterocycles. The summed E-state index contributed by atoms with van der Waals surface area (Å²) >= 11 is 2.88. The fraction of sp³-hybridized carbons (Fsp3) is 0.300. The van der Waals surface area contributed by atoms with Gasteiger partial charge in [-0.25, -0.2) is 17.9 Å². The standard InChI is InChI=1S/C10H12BrNO5S/c1-2-3-4-5-12-18(15,16)8-6-7(10(13)14)17-9(8)11/h2,6,12H,1,3-5H2,(H,13,14). The Balaban J connectivity index is 2.84. The van der Waals surface area contributed by atoms with Crippen molar-refractivity contribution in [2.75, 3.05) is 6.54 Å². The molecule has 1 aromatic rings. The lowest BCUT2D eigenvalue weighted by Crippen LogP contribution is -2.24. The topological polar surface area (TPSA) is 96.6 Å². The van der Waals surface area contributed by atoms with Crippen LogP contribution in [0.2, 0.25) is 0 Å². The third-order valence-corrected chi connectivity index (χ3v) is 4.35. The molecule has 0 fully saturated rings. The monoisotopic (exact) mass is 337 g/mol. The molecular formula is C10H12BrNO5S. The molecule has 0 bridgehead atoms. The maximum Gasteiger partial charge on any atom is 0.371 e. The van der Waals surface area contributed by atoms with Crippen molar-refractivity contribution in [2.45, 2.75) is 17.7 Å². The molecule has 0 saturated heterocycles. The molecular weight excluding hydrogens is 326 g/mol. The number of allylic oxidation sites excluding steroid dienone is 1. The predicted octanol–water partition coefficient (Wildman–Crippen LogP) is 1.98. The van der Waals surface area contributed by atoms with Crippen LogP contribution in [-0.4, -0.2) is 26.0 Å². The Bertz CT molecular complexity index is 549. The smallest absolute Gasteiger partial charge is 0.371 e. The number of furan rings is 1. The summed E-state index contributed by atoms with van der Waals surface area (Å²) in [4.78, 5) is 10.4. The van der Waals surface area contributed by atoms with E-state index in [1.54, 1.807) is 6.08 Å². The average molecular weight is 338 g/mol. The van der Waals surface area contributed by atoms with Crippen molar-refractivity contribution >= 4 is 31.9 Å². The van der Waals surface area contributed by atoms with Crippen molar-refractivity contribution < 1.29 is 22.7 Å². The molecule has 0 unspecified atom stereocenters. The number of carboxylic acids is 1. The van der Waals surface area contributed by atoms with Gasteiger partial charge in [0.15, 0.2) is 4.67 Å². The van der Waals surface area contributed by atoms with Crippen molar-refractivity contribution in [1.29, 1.82) is 0 Å². The first kappa shape index (κ1) is 14.9. The molecule has 0 saturated carbocycles. The number of halogens is 1. The van der Waals surface area contributed by atoms with E-state index in [2.05, 4.69) is 27.2 Å². The van der Waals surface area contributed by atoms with Gasteiger partial charge in [-0.15, -0.1) is 6.58 Å². The fourth-order valence-corrected chi connectivity index (χ4v) is 3.18. The van der Waals surface area contributed by atoms with Gasteiger partial charge >= 0.3 is 5.97 Å². The summed E-state index contributed by atoms with van der Waals surface area (Å²) < 4.78 is 30.7. The van der Waals surface area contributed by atoms with Gasteiger partial charge in [-0.3, -0.25) is 0 Å². The lowest BCUT2D eigenvalue weighted by molar-refractivity contribution is 0.0661. The van der Waals surface area contributed by atoms with E-state index >= 15 is 0 Å². The van der Waals surface area contributed by atoms with Crippen molar-refractivity contribution in [3.05, 3.63) is 29.2 Å². The third kappa shape index (κ3) is 3.69. The first-order valence-electron chi connectivity index (χ1n) is 5.01. The molecule has 0 radical (unpaired) electrons. The number of carboxylic acid groups (broad SMARTS) is 1. The third-order valence-electron chi connectivity index (χ3n) is 2.03. The zero-order valence-electron chi connectivity index (χ0n) is 9.35. The SMILES string of the molecule is C=CCCCNS(=O)(=O)c1cc(C(=O)O)oc1Br. The molecule has 1 aromatic heterocycles. The Kier molecular flexibility index (Phi) is 5.12. The second-order valence-electron chi connectivity index (χ2n) is 3.38. The first-order valence-corrected chi connectivity index (χ1v) is 7.29. The summed E-state index contributed by atoms with van der Waals surface area (Å²) in [5.41, 5.74) is 0. The molecule has 0 atom stereocenters. The molecule has 18 heavy (non-hydrogen) atoms. The number of aromatic carboxylic acids is 1. The summed E-state index contributed by atoms with van der Waals surface area (Å²) in [6, 6.07) is 0.961. The van der Waals surface area contributed by atoms with Gasteiger partial charge in [-0.05, 0) is 28.8 Å². The Hall–Kier alpha value is -1.12. The number of rotatable bonds is 7. The van der Waals surface area contributed by atoms with Crippen LogP contribution in [0.25, 0.3) is 0 Å². The Morgan fingerprint density at radius 2 is 2.28 bits per heavy atom. The van der Waals surface area contributed by atoms with Crippen LogP contribution in [0.3, 0.4) is 0 Å². The van der Waals surface area contributed by atoms with E-state index < -0.39 is 21.8 Å². The summed E-state index contributed by atoms with van der Waals surface area (Å²) in [6.07, 6.45) is 2.99. The maximum absolute atomic E-state index is 11.8. The summed E-state index contributed by atoms with van der Waals surface area (Å²) in [6.45, 7) is 3.77. The summed E-state index contributed by atoms with van der Waals surface area (Å²) in [7, 11) is -3.77. The van der Waals surface area contributed by atoms with Crippen molar-refractivity contribution in [1.82, 2.24) is 4.72 Å². The minimum Gasteiger partial charge on any atom is -0.475 e. The molecule has 0 aliphatic heterocycles. The Labute approximate surface area is 113 Å². The highest BCUT2D eigenvalue weighted by molar-refractivity contribution is 9.10. The first-order chi connectivity index (χ1) is 8.38. The van der Waals surface area contributed by atoms with Crippen LogP contribution < -0.4 is 4.72 Å². The predicted molar refractivity (Wildman–Crippen MR) is 68.0 cm³/mol. The molecule has 0 amide bonds. The van der Waals surface area contributed by atoms with Crippen LogP contribution in [0.4, 0.5) is 0 Å². The van der Waals surface area contributed by atoms with Crippen LogP contribution >= 0.6 is 15.9 Å². The fourth-order valence-electron chi connectivity index (χ4n) is 1.17. The van der Waals surface area contributed by atoms with Crippen LogP contribution in [-0.2, 0) is 10.0 Å². The van der Waals surface area contributed by atoms with Crippen LogP contribution in [0.5, 0.6) is 0 Å². The molecule has 6 nitrogen and oxygen atoms in total. The number of unbranched alkanes of at least 4 members (excludes halogenated alkanes) is 1. The van der Waals surface area contributed by atoms with Crippen LogP contribution in [0.15, 0.2) is 32.7 Å². The lowest BCUT2D eigenvalue weighted by atomic mass is 10.3. The van der Waals surface area contributed by atoms with Gasteiger partial charge in [0.2, 0.25) is 15.8 Å².